The Labute approximate surface area is 160 Å². The molecule has 0 radical (unpaired) electrons. The van der Waals surface area contributed by atoms with Crippen LogP contribution in [0.4, 0.5) is 5.69 Å². The first kappa shape index (κ1) is 19.4. The summed E-state index contributed by atoms with van der Waals surface area (Å²) in [6, 6.07) is 13.9. The Hall–Kier alpha value is -2.38. The molecule has 0 atom stereocenters. The van der Waals surface area contributed by atoms with Gasteiger partial charge in [-0.25, -0.2) is 8.42 Å². The van der Waals surface area contributed by atoms with Gasteiger partial charge in [-0.3, -0.25) is 4.79 Å². The molecule has 1 fully saturated rings. The summed E-state index contributed by atoms with van der Waals surface area (Å²) >= 11 is 0. The first-order valence-corrected chi connectivity index (χ1v) is 10.5. The lowest BCUT2D eigenvalue weighted by atomic mass is 10.1. The summed E-state index contributed by atoms with van der Waals surface area (Å²) in [5.74, 6) is 0.195. The van der Waals surface area contributed by atoms with E-state index < -0.39 is 10.0 Å². The molecule has 1 amide bonds. The van der Waals surface area contributed by atoms with Gasteiger partial charge in [-0.1, -0.05) is 36.8 Å². The minimum atomic E-state index is -3.58. The maximum atomic E-state index is 12.9. The van der Waals surface area contributed by atoms with Crippen LogP contribution in [0.15, 0.2) is 53.4 Å². The molecule has 6 nitrogen and oxygen atoms in total. The Morgan fingerprint density at radius 3 is 2.44 bits per heavy atom. The number of sulfonamides is 1. The number of piperidine rings is 1. The van der Waals surface area contributed by atoms with Gasteiger partial charge in [0.05, 0.1) is 24.1 Å². The van der Waals surface area contributed by atoms with E-state index in [1.165, 1.54) is 23.5 Å². The molecule has 0 saturated carbocycles. The van der Waals surface area contributed by atoms with E-state index in [1.807, 2.05) is 30.3 Å². The predicted octanol–water partition coefficient (Wildman–Crippen LogP) is 3.05. The third kappa shape index (κ3) is 4.67. The van der Waals surface area contributed by atoms with E-state index in [0.717, 1.165) is 24.8 Å². The maximum Gasteiger partial charge on any atom is 0.243 e. The highest BCUT2D eigenvalue weighted by molar-refractivity contribution is 7.89. The number of ether oxygens (including phenoxy) is 1. The van der Waals surface area contributed by atoms with Crippen molar-refractivity contribution >= 4 is 21.6 Å². The van der Waals surface area contributed by atoms with Gasteiger partial charge in [0.1, 0.15) is 5.75 Å². The van der Waals surface area contributed by atoms with Crippen molar-refractivity contribution in [3.63, 3.8) is 0 Å². The number of benzene rings is 2. The molecule has 1 aliphatic heterocycles. The summed E-state index contributed by atoms with van der Waals surface area (Å²) in [6.45, 7) is 1.06. The highest BCUT2D eigenvalue weighted by atomic mass is 32.2. The minimum Gasteiger partial charge on any atom is -0.495 e. The maximum absolute atomic E-state index is 12.9. The van der Waals surface area contributed by atoms with Crippen molar-refractivity contribution in [2.75, 3.05) is 25.5 Å². The Morgan fingerprint density at radius 1 is 1.07 bits per heavy atom. The Morgan fingerprint density at radius 2 is 1.78 bits per heavy atom. The second kappa shape index (κ2) is 8.54. The van der Waals surface area contributed by atoms with Crippen molar-refractivity contribution in [2.24, 2.45) is 0 Å². The van der Waals surface area contributed by atoms with Crippen LogP contribution in [-0.2, 0) is 21.2 Å². The van der Waals surface area contributed by atoms with Crippen molar-refractivity contribution in [1.82, 2.24) is 4.31 Å². The lowest BCUT2D eigenvalue weighted by Gasteiger charge is -2.26. The van der Waals surface area contributed by atoms with Crippen molar-refractivity contribution in [3.8, 4) is 5.75 Å². The SMILES string of the molecule is COc1ccc(S(=O)(=O)N2CCCCC2)cc1NC(=O)Cc1ccccc1. The highest BCUT2D eigenvalue weighted by Crippen LogP contribution is 2.30. The first-order chi connectivity index (χ1) is 13.0. The van der Waals surface area contributed by atoms with Crippen LogP contribution in [0.5, 0.6) is 5.75 Å². The smallest absolute Gasteiger partial charge is 0.243 e. The fourth-order valence-corrected chi connectivity index (χ4v) is 4.72. The van der Waals surface area contributed by atoms with E-state index in [9.17, 15) is 13.2 Å². The number of methoxy groups -OCH3 is 1. The molecule has 144 valence electrons. The standard InChI is InChI=1S/C20H24N2O4S/c1-26-19-11-10-17(27(24,25)22-12-6-3-7-13-22)15-18(19)21-20(23)14-16-8-4-2-5-9-16/h2,4-5,8-11,15H,3,6-7,12-14H2,1H3,(H,21,23). The number of amides is 1. The molecule has 0 unspecified atom stereocenters. The average molecular weight is 388 g/mol. The van der Waals surface area contributed by atoms with Crippen LogP contribution in [0, 0.1) is 0 Å². The lowest BCUT2D eigenvalue weighted by Crippen LogP contribution is -2.35. The molecule has 0 aliphatic carbocycles. The number of carbonyl (C=O) groups is 1. The lowest BCUT2D eigenvalue weighted by molar-refractivity contribution is -0.115. The molecule has 0 aromatic heterocycles. The van der Waals surface area contributed by atoms with E-state index in [1.54, 1.807) is 6.07 Å². The molecular weight excluding hydrogens is 364 g/mol. The summed E-state index contributed by atoms with van der Waals surface area (Å²) in [6.07, 6.45) is 2.99. The summed E-state index contributed by atoms with van der Waals surface area (Å²) in [7, 11) is -2.09. The third-order valence-corrected chi connectivity index (χ3v) is 6.50. The van der Waals surface area contributed by atoms with Crippen LogP contribution in [0.1, 0.15) is 24.8 Å². The Bertz CT molecular complexity index is 891. The van der Waals surface area contributed by atoms with Gasteiger partial charge in [0.15, 0.2) is 0 Å². The van der Waals surface area contributed by atoms with Crippen LogP contribution < -0.4 is 10.1 Å². The molecule has 1 heterocycles. The van der Waals surface area contributed by atoms with Crippen molar-refractivity contribution in [3.05, 3.63) is 54.1 Å². The van der Waals surface area contributed by atoms with Crippen LogP contribution in [0.25, 0.3) is 0 Å². The number of nitrogens with zero attached hydrogens (tertiary/aromatic N) is 1. The molecule has 7 heteroatoms. The molecule has 3 rings (SSSR count). The normalized spacial score (nSPS) is 15.3. The predicted molar refractivity (Wildman–Crippen MR) is 104 cm³/mol. The summed E-state index contributed by atoms with van der Waals surface area (Å²) in [5.41, 5.74) is 1.24. The minimum absolute atomic E-state index is 0.167. The van der Waals surface area contributed by atoms with Crippen LogP contribution >= 0.6 is 0 Å². The molecule has 27 heavy (non-hydrogen) atoms. The molecule has 1 saturated heterocycles. The zero-order valence-corrected chi connectivity index (χ0v) is 16.2. The number of nitrogens with one attached hydrogen (secondary N) is 1. The van der Waals surface area contributed by atoms with Gasteiger partial charge in [0.25, 0.3) is 0 Å². The number of carbonyl (C=O) groups excluding carboxylic acids is 1. The van der Waals surface area contributed by atoms with Crippen molar-refractivity contribution in [1.29, 1.82) is 0 Å². The zero-order valence-electron chi connectivity index (χ0n) is 15.3. The summed E-state index contributed by atoms with van der Waals surface area (Å²) in [4.78, 5) is 12.6. The number of hydrogen-bond donors (Lipinski definition) is 1. The summed E-state index contributed by atoms with van der Waals surface area (Å²) in [5, 5.41) is 2.78. The monoisotopic (exact) mass is 388 g/mol. The van der Waals surface area contributed by atoms with Crippen molar-refractivity contribution < 1.29 is 17.9 Å². The van der Waals surface area contributed by atoms with Gasteiger partial charge in [-0.05, 0) is 36.6 Å². The van der Waals surface area contributed by atoms with Gasteiger partial charge in [-0.2, -0.15) is 4.31 Å². The Balaban J connectivity index is 1.82. The molecule has 0 bridgehead atoms. The third-order valence-electron chi connectivity index (χ3n) is 4.61. The fourth-order valence-electron chi connectivity index (χ4n) is 3.18. The van der Waals surface area contributed by atoms with Gasteiger partial charge in [-0.15, -0.1) is 0 Å². The van der Waals surface area contributed by atoms with E-state index in [0.29, 0.717) is 24.5 Å². The van der Waals surface area contributed by atoms with E-state index in [2.05, 4.69) is 5.32 Å². The molecule has 1 N–H and O–H groups in total. The van der Waals surface area contributed by atoms with Gasteiger partial charge in [0.2, 0.25) is 15.9 Å². The van der Waals surface area contributed by atoms with E-state index in [-0.39, 0.29) is 17.2 Å². The highest BCUT2D eigenvalue weighted by Gasteiger charge is 2.27. The average Bonchev–Trinajstić information content (AvgIpc) is 2.69. The quantitative estimate of drug-likeness (QED) is 0.825. The molecule has 2 aromatic rings. The van der Waals surface area contributed by atoms with E-state index in [4.69, 9.17) is 4.74 Å². The van der Waals surface area contributed by atoms with E-state index >= 15 is 0 Å². The van der Waals surface area contributed by atoms with Crippen LogP contribution in [-0.4, -0.2) is 38.8 Å². The first-order valence-electron chi connectivity index (χ1n) is 9.02. The largest absolute Gasteiger partial charge is 0.495 e. The molecule has 0 spiro atoms. The van der Waals surface area contributed by atoms with Crippen LogP contribution in [0.2, 0.25) is 0 Å². The van der Waals surface area contributed by atoms with Gasteiger partial charge in [0, 0.05) is 13.1 Å². The molecule has 2 aromatic carbocycles. The van der Waals surface area contributed by atoms with Crippen molar-refractivity contribution in [2.45, 2.75) is 30.6 Å². The molecular formula is C20H24N2O4S. The summed E-state index contributed by atoms with van der Waals surface area (Å²) < 4.78 is 32.6. The Kier molecular flexibility index (Phi) is 6.13. The van der Waals surface area contributed by atoms with Gasteiger partial charge < -0.3 is 10.1 Å². The number of hydrogen-bond acceptors (Lipinski definition) is 4. The second-order valence-corrected chi connectivity index (χ2v) is 8.48. The number of rotatable bonds is 6. The molecule has 1 aliphatic rings. The second-order valence-electron chi connectivity index (χ2n) is 6.54. The van der Waals surface area contributed by atoms with Crippen LogP contribution in [0.3, 0.4) is 0 Å². The fraction of sp³-hybridized carbons (Fsp3) is 0.350. The zero-order chi connectivity index (χ0) is 19.3. The van der Waals surface area contributed by atoms with Gasteiger partial charge >= 0.3 is 0 Å². The topological polar surface area (TPSA) is 75.7 Å². The number of anilines is 1.